The van der Waals surface area contributed by atoms with Crippen molar-refractivity contribution in [3.05, 3.63) is 60.3 Å². The van der Waals surface area contributed by atoms with Crippen molar-refractivity contribution >= 4 is 46.2 Å². The molecule has 0 saturated heterocycles. The standard InChI is InChI=1S/C24H26N6OS/c1-15-27-19-5-4-18(14-22(19)32-15)28-23-9-12-26-24(30-23)29-20-13-17(3-6-21(20)31-2)16-7-10-25-11-8-16/h3-7,9,12-15,25,27H,8,10-11H2,1-2H3,(H2,26,28,29,30). The van der Waals surface area contributed by atoms with Crippen molar-refractivity contribution in [2.24, 2.45) is 0 Å². The first-order valence-corrected chi connectivity index (χ1v) is 11.6. The van der Waals surface area contributed by atoms with E-state index in [-0.39, 0.29) is 0 Å². The van der Waals surface area contributed by atoms with Crippen molar-refractivity contribution in [1.82, 2.24) is 15.3 Å². The zero-order chi connectivity index (χ0) is 21.9. The quantitative estimate of drug-likeness (QED) is 0.411. The van der Waals surface area contributed by atoms with Gasteiger partial charge in [-0.25, -0.2) is 4.98 Å². The SMILES string of the molecule is COc1ccc(C2=CCNCC2)cc1Nc1nccc(Nc2ccc3c(c2)SC(C)N3)n1. The van der Waals surface area contributed by atoms with E-state index in [1.807, 2.05) is 23.9 Å². The number of methoxy groups -OCH3 is 1. The molecule has 0 bridgehead atoms. The van der Waals surface area contributed by atoms with Crippen molar-refractivity contribution in [3.63, 3.8) is 0 Å². The van der Waals surface area contributed by atoms with Crippen LogP contribution in [0.2, 0.25) is 0 Å². The van der Waals surface area contributed by atoms with E-state index in [1.165, 1.54) is 21.7 Å². The molecule has 164 valence electrons. The maximum absolute atomic E-state index is 5.56. The van der Waals surface area contributed by atoms with Gasteiger partial charge in [0.25, 0.3) is 0 Å². The number of hydrogen-bond donors (Lipinski definition) is 4. The minimum Gasteiger partial charge on any atom is -0.495 e. The Balaban J connectivity index is 1.36. The minimum atomic E-state index is 0.390. The van der Waals surface area contributed by atoms with Gasteiger partial charge < -0.3 is 26.0 Å². The number of rotatable bonds is 6. The number of fused-ring (bicyclic) bond motifs is 1. The second-order valence-electron chi connectivity index (χ2n) is 7.73. The first-order chi connectivity index (χ1) is 15.7. The highest BCUT2D eigenvalue weighted by Gasteiger charge is 2.17. The van der Waals surface area contributed by atoms with Crippen LogP contribution in [-0.4, -0.2) is 35.5 Å². The van der Waals surface area contributed by atoms with E-state index in [4.69, 9.17) is 4.74 Å². The molecule has 7 nitrogen and oxygen atoms in total. The van der Waals surface area contributed by atoms with Crippen LogP contribution in [0.4, 0.5) is 28.8 Å². The molecule has 0 saturated carbocycles. The Labute approximate surface area is 192 Å². The lowest BCUT2D eigenvalue weighted by molar-refractivity contribution is 0.416. The number of hydrogen-bond acceptors (Lipinski definition) is 8. The second kappa shape index (κ2) is 9.10. The summed E-state index contributed by atoms with van der Waals surface area (Å²) in [4.78, 5) is 10.3. The smallest absolute Gasteiger partial charge is 0.229 e. The molecule has 8 heteroatoms. The monoisotopic (exact) mass is 446 g/mol. The van der Waals surface area contributed by atoms with Crippen LogP contribution >= 0.6 is 11.8 Å². The van der Waals surface area contributed by atoms with Crippen molar-refractivity contribution < 1.29 is 4.74 Å². The molecule has 3 aromatic rings. The highest BCUT2D eigenvalue weighted by atomic mass is 32.2. The molecule has 0 spiro atoms. The number of nitrogens with one attached hydrogen (secondary N) is 4. The van der Waals surface area contributed by atoms with Crippen molar-refractivity contribution in [3.8, 4) is 5.75 Å². The van der Waals surface area contributed by atoms with E-state index in [9.17, 15) is 0 Å². The van der Waals surface area contributed by atoms with Crippen molar-refractivity contribution in [1.29, 1.82) is 0 Å². The zero-order valence-corrected chi connectivity index (χ0v) is 18.9. The highest BCUT2D eigenvalue weighted by molar-refractivity contribution is 8.00. The van der Waals surface area contributed by atoms with Gasteiger partial charge in [-0.05, 0) is 67.4 Å². The molecular weight excluding hydrogens is 420 g/mol. The first-order valence-electron chi connectivity index (χ1n) is 10.7. The Hall–Kier alpha value is -3.23. The zero-order valence-electron chi connectivity index (χ0n) is 18.1. The Morgan fingerprint density at radius 1 is 1.12 bits per heavy atom. The summed E-state index contributed by atoms with van der Waals surface area (Å²) >= 11 is 1.82. The lowest BCUT2D eigenvalue weighted by atomic mass is 9.99. The van der Waals surface area contributed by atoms with E-state index < -0.39 is 0 Å². The van der Waals surface area contributed by atoms with Crippen LogP contribution in [0.25, 0.3) is 5.57 Å². The van der Waals surface area contributed by atoms with Gasteiger partial charge in [0.2, 0.25) is 5.95 Å². The molecule has 1 aromatic heterocycles. The lowest BCUT2D eigenvalue weighted by Gasteiger charge is -2.17. The molecule has 32 heavy (non-hydrogen) atoms. The average molecular weight is 447 g/mol. The molecule has 2 aromatic carbocycles. The molecule has 1 unspecified atom stereocenters. The predicted molar refractivity (Wildman–Crippen MR) is 132 cm³/mol. The van der Waals surface area contributed by atoms with Crippen LogP contribution in [-0.2, 0) is 0 Å². The summed E-state index contributed by atoms with van der Waals surface area (Å²) in [6.07, 6.45) is 4.99. The number of ether oxygens (including phenoxy) is 1. The van der Waals surface area contributed by atoms with Crippen LogP contribution in [0.5, 0.6) is 5.75 Å². The van der Waals surface area contributed by atoms with Gasteiger partial charge in [0.1, 0.15) is 11.6 Å². The third-order valence-electron chi connectivity index (χ3n) is 5.45. The van der Waals surface area contributed by atoms with Crippen molar-refractivity contribution in [2.75, 3.05) is 36.1 Å². The average Bonchev–Trinajstić information content (AvgIpc) is 3.19. The number of nitrogens with zero attached hydrogens (tertiary/aromatic N) is 2. The van der Waals surface area contributed by atoms with E-state index >= 15 is 0 Å². The van der Waals surface area contributed by atoms with Crippen LogP contribution in [0, 0.1) is 0 Å². The summed E-state index contributed by atoms with van der Waals surface area (Å²) in [6.45, 7) is 4.05. The number of thioether (sulfide) groups is 1. The normalized spacial score (nSPS) is 17.2. The largest absolute Gasteiger partial charge is 0.495 e. The maximum Gasteiger partial charge on any atom is 0.229 e. The molecule has 2 aliphatic rings. The number of benzene rings is 2. The Morgan fingerprint density at radius 2 is 2.06 bits per heavy atom. The third kappa shape index (κ3) is 4.51. The Kier molecular flexibility index (Phi) is 5.87. The van der Waals surface area contributed by atoms with Gasteiger partial charge in [-0.3, -0.25) is 0 Å². The van der Waals surface area contributed by atoms with E-state index in [0.717, 1.165) is 42.5 Å². The summed E-state index contributed by atoms with van der Waals surface area (Å²) in [5.41, 5.74) is 5.53. The van der Waals surface area contributed by atoms with Crippen molar-refractivity contribution in [2.45, 2.75) is 23.6 Å². The number of aromatic nitrogens is 2. The van der Waals surface area contributed by atoms with E-state index in [1.54, 1.807) is 13.3 Å². The summed E-state index contributed by atoms with van der Waals surface area (Å²) in [6, 6.07) is 14.3. The summed E-state index contributed by atoms with van der Waals surface area (Å²) < 4.78 is 5.56. The maximum atomic E-state index is 5.56. The van der Waals surface area contributed by atoms with Crippen LogP contribution < -0.4 is 26.0 Å². The van der Waals surface area contributed by atoms with Gasteiger partial charge in [0, 0.05) is 29.0 Å². The molecule has 0 radical (unpaired) electrons. The van der Waals surface area contributed by atoms with Gasteiger partial charge in [0.05, 0.1) is 18.2 Å². The van der Waals surface area contributed by atoms with Gasteiger partial charge in [-0.2, -0.15) is 4.98 Å². The molecule has 2 aliphatic heterocycles. The van der Waals surface area contributed by atoms with E-state index in [2.05, 4.69) is 74.6 Å². The highest BCUT2D eigenvalue weighted by Crippen LogP contribution is 2.40. The molecule has 0 aliphatic carbocycles. The van der Waals surface area contributed by atoms with Crippen LogP contribution in [0.3, 0.4) is 0 Å². The molecular formula is C24H26N6OS. The summed E-state index contributed by atoms with van der Waals surface area (Å²) in [7, 11) is 1.67. The predicted octanol–water partition coefficient (Wildman–Crippen LogP) is 5.21. The minimum absolute atomic E-state index is 0.390. The van der Waals surface area contributed by atoms with Crippen LogP contribution in [0.15, 0.2) is 59.6 Å². The van der Waals surface area contributed by atoms with Gasteiger partial charge >= 0.3 is 0 Å². The molecule has 4 N–H and O–H groups in total. The fourth-order valence-corrected chi connectivity index (χ4v) is 4.92. The molecule has 0 amide bonds. The molecule has 0 fully saturated rings. The molecule has 5 rings (SSSR count). The summed E-state index contributed by atoms with van der Waals surface area (Å²) in [5.74, 6) is 1.99. The van der Waals surface area contributed by atoms with Gasteiger partial charge in [-0.1, -0.05) is 23.9 Å². The first kappa shape index (κ1) is 20.7. The van der Waals surface area contributed by atoms with Gasteiger partial charge in [-0.15, -0.1) is 0 Å². The molecule has 3 heterocycles. The fraction of sp³-hybridized carbons (Fsp3) is 0.250. The van der Waals surface area contributed by atoms with Crippen LogP contribution in [0.1, 0.15) is 18.9 Å². The fourth-order valence-electron chi connectivity index (χ4n) is 3.90. The Morgan fingerprint density at radius 3 is 2.91 bits per heavy atom. The second-order valence-corrected chi connectivity index (χ2v) is 9.11. The lowest BCUT2D eigenvalue weighted by Crippen LogP contribution is -2.20. The number of anilines is 5. The Bertz CT molecular complexity index is 1160. The summed E-state index contributed by atoms with van der Waals surface area (Å²) in [5, 5.41) is 13.9. The molecule has 1 atom stereocenters. The topological polar surface area (TPSA) is 83.1 Å². The van der Waals surface area contributed by atoms with Gasteiger partial charge in [0.15, 0.2) is 0 Å². The van der Waals surface area contributed by atoms with E-state index in [0.29, 0.717) is 11.3 Å². The third-order valence-corrected chi connectivity index (χ3v) is 6.52.